The van der Waals surface area contributed by atoms with E-state index in [9.17, 15) is 4.79 Å². The first kappa shape index (κ1) is 13.9. The Hall–Kier alpha value is -1.13. The van der Waals surface area contributed by atoms with Crippen molar-refractivity contribution in [3.05, 3.63) is 35.4 Å². The van der Waals surface area contributed by atoms with Gasteiger partial charge in [-0.1, -0.05) is 18.2 Å². The van der Waals surface area contributed by atoms with E-state index in [2.05, 4.69) is 6.58 Å². The summed E-state index contributed by atoms with van der Waals surface area (Å²) in [6.45, 7) is 5.78. The first-order chi connectivity index (χ1) is 8.04. The van der Waals surface area contributed by atoms with Crippen molar-refractivity contribution in [3.8, 4) is 0 Å². The fourth-order valence-electron chi connectivity index (χ4n) is 1.09. The van der Waals surface area contributed by atoms with Crippen LogP contribution in [0.25, 0.3) is 0 Å². The van der Waals surface area contributed by atoms with E-state index in [0.717, 1.165) is 4.90 Å². The molecule has 0 fully saturated rings. The lowest BCUT2D eigenvalue weighted by Crippen LogP contribution is -2.08. The Labute approximate surface area is 110 Å². The van der Waals surface area contributed by atoms with Crippen LogP contribution in [0.3, 0.4) is 0 Å². The number of esters is 1. The molecule has 0 amide bonds. The van der Waals surface area contributed by atoms with Crippen LogP contribution in [0.2, 0.25) is 5.02 Å². The van der Waals surface area contributed by atoms with Crippen molar-refractivity contribution in [3.63, 3.8) is 0 Å². The molecule has 0 aliphatic heterocycles. The minimum atomic E-state index is -0.374. The first-order valence-corrected chi connectivity index (χ1v) is 6.43. The maximum absolute atomic E-state index is 11.3. The molecule has 0 aliphatic carbocycles. The minimum Gasteiger partial charge on any atom is -0.463 e. The number of ether oxygens (including phenoxy) is 1. The van der Waals surface area contributed by atoms with E-state index < -0.39 is 0 Å². The highest BCUT2D eigenvalue weighted by atomic mass is 35.5. The van der Waals surface area contributed by atoms with Gasteiger partial charge in [-0.15, -0.1) is 11.8 Å². The number of halogens is 1. The first-order valence-electron chi connectivity index (χ1n) is 5.07. The summed E-state index contributed by atoms with van der Waals surface area (Å²) in [6, 6.07) is 5.22. The van der Waals surface area contributed by atoms with Gasteiger partial charge < -0.3 is 10.5 Å². The van der Waals surface area contributed by atoms with E-state index in [1.165, 1.54) is 11.8 Å². The standard InChI is InChI=1S/C12H14ClNO2S/c1-3-16-12(15)8(2)7-17-11-6-9(13)4-5-10(11)14/h4-6H,2-3,7,14H2,1H3. The van der Waals surface area contributed by atoms with E-state index in [1.807, 2.05) is 0 Å². The second-order valence-electron chi connectivity index (χ2n) is 3.29. The van der Waals surface area contributed by atoms with Crippen molar-refractivity contribution in [2.45, 2.75) is 11.8 Å². The molecule has 0 heterocycles. The van der Waals surface area contributed by atoms with Gasteiger partial charge in [0, 0.05) is 26.9 Å². The SMILES string of the molecule is C=C(CSc1cc(Cl)ccc1N)C(=O)OCC. The van der Waals surface area contributed by atoms with Crippen molar-refractivity contribution in [2.75, 3.05) is 18.1 Å². The zero-order valence-corrected chi connectivity index (χ0v) is 11.1. The average molecular weight is 272 g/mol. The zero-order chi connectivity index (χ0) is 12.8. The topological polar surface area (TPSA) is 52.3 Å². The molecule has 5 heteroatoms. The molecular weight excluding hydrogens is 258 g/mol. The Bertz CT molecular complexity index is 435. The zero-order valence-electron chi connectivity index (χ0n) is 9.53. The highest BCUT2D eigenvalue weighted by molar-refractivity contribution is 7.99. The predicted octanol–water partition coefficient (Wildman–Crippen LogP) is 3.13. The van der Waals surface area contributed by atoms with Crippen LogP contribution in [0, 0.1) is 0 Å². The molecule has 0 atom stereocenters. The number of anilines is 1. The molecule has 0 aliphatic rings. The summed E-state index contributed by atoms with van der Waals surface area (Å²) < 4.78 is 4.84. The quantitative estimate of drug-likeness (QED) is 0.387. The summed E-state index contributed by atoms with van der Waals surface area (Å²) in [6.07, 6.45) is 0. The smallest absolute Gasteiger partial charge is 0.334 e. The number of carbonyl (C=O) groups excluding carboxylic acids is 1. The largest absolute Gasteiger partial charge is 0.463 e. The van der Waals surface area contributed by atoms with Gasteiger partial charge in [0.15, 0.2) is 0 Å². The monoisotopic (exact) mass is 271 g/mol. The van der Waals surface area contributed by atoms with Crippen molar-refractivity contribution < 1.29 is 9.53 Å². The number of nitrogen functional groups attached to an aromatic ring is 1. The fourth-order valence-corrected chi connectivity index (χ4v) is 2.22. The molecule has 92 valence electrons. The van der Waals surface area contributed by atoms with E-state index in [1.54, 1.807) is 25.1 Å². The summed E-state index contributed by atoms with van der Waals surface area (Å²) in [5.74, 6) is 0.0595. The Morgan fingerprint density at radius 2 is 2.29 bits per heavy atom. The Morgan fingerprint density at radius 3 is 2.94 bits per heavy atom. The van der Waals surface area contributed by atoms with Gasteiger partial charge in [0.2, 0.25) is 0 Å². The van der Waals surface area contributed by atoms with Crippen LogP contribution in [-0.4, -0.2) is 18.3 Å². The van der Waals surface area contributed by atoms with Gasteiger partial charge in [-0.2, -0.15) is 0 Å². The third kappa shape index (κ3) is 4.32. The second-order valence-corrected chi connectivity index (χ2v) is 4.75. The van der Waals surface area contributed by atoms with E-state index >= 15 is 0 Å². The molecule has 0 unspecified atom stereocenters. The summed E-state index contributed by atoms with van der Waals surface area (Å²) >= 11 is 7.28. The van der Waals surface area contributed by atoms with Crippen LogP contribution >= 0.6 is 23.4 Å². The number of hydrogen-bond donors (Lipinski definition) is 1. The number of nitrogens with two attached hydrogens (primary N) is 1. The van der Waals surface area contributed by atoms with E-state index in [-0.39, 0.29) is 5.97 Å². The lowest BCUT2D eigenvalue weighted by molar-refractivity contribution is -0.138. The van der Waals surface area contributed by atoms with Crippen LogP contribution in [-0.2, 0) is 9.53 Å². The molecule has 3 nitrogen and oxygen atoms in total. The molecular formula is C12H14ClNO2S. The van der Waals surface area contributed by atoms with Crippen LogP contribution in [0.5, 0.6) is 0 Å². The van der Waals surface area contributed by atoms with E-state index in [0.29, 0.717) is 28.6 Å². The van der Waals surface area contributed by atoms with E-state index in [4.69, 9.17) is 22.1 Å². The molecule has 1 aromatic carbocycles. The van der Waals surface area contributed by atoms with Gasteiger partial charge in [0.25, 0.3) is 0 Å². The summed E-state index contributed by atoms with van der Waals surface area (Å²) in [5, 5.41) is 0.614. The van der Waals surface area contributed by atoms with Crippen LogP contribution in [0.1, 0.15) is 6.92 Å². The van der Waals surface area contributed by atoms with Gasteiger partial charge in [0.1, 0.15) is 0 Å². The van der Waals surface area contributed by atoms with Crippen LogP contribution in [0.15, 0.2) is 35.2 Å². The van der Waals surface area contributed by atoms with Crippen molar-refractivity contribution >= 4 is 35.0 Å². The minimum absolute atomic E-state index is 0.349. The highest BCUT2D eigenvalue weighted by Gasteiger charge is 2.09. The Kier molecular flexibility index (Phi) is 5.38. The maximum atomic E-state index is 11.3. The second kappa shape index (κ2) is 6.57. The Balaban J connectivity index is 2.58. The molecule has 0 saturated heterocycles. The summed E-state index contributed by atoms with van der Waals surface area (Å²) in [4.78, 5) is 12.2. The molecule has 0 bridgehead atoms. The van der Waals surface area contributed by atoms with Crippen molar-refractivity contribution in [2.24, 2.45) is 0 Å². The molecule has 0 spiro atoms. The maximum Gasteiger partial charge on any atom is 0.334 e. The molecule has 0 saturated carbocycles. The third-order valence-electron chi connectivity index (χ3n) is 1.94. The number of hydrogen-bond acceptors (Lipinski definition) is 4. The molecule has 0 aromatic heterocycles. The Morgan fingerprint density at radius 1 is 1.59 bits per heavy atom. The fraction of sp³-hybridized carbons (Fsp3) is 0.250. The molecule has 1 rings (SSSR count). The number of rotatable bonds is 5. The molecule has 0 radical (unpaired) electrons. The predicted molar refractivity (Wildman–Crippen MR) is 72.4 cm³/mol. The van der Waals surface area contributed by atoms with Crippen molar-refractivity contribution in [1.82, 2.24) is 0 Å². The lowest BCUT2D eigenvalue weighted by Gasteiger charge is -2.07. The average Bonchev–Trinajstić information content (AvgIpc) is 2.30. The number of carbonyl (C=O) groups is 1. The third-order valence-corrected chi connectivity index (χ3v) is 3.33. The van der Waals surface area contributed by atoms with Crippen molar-refractivity contribution in [1.29, 1.82) is 0 Å². The van der Waals surface area contributed by atoms with Crippen LogP contribution < -0.4 is 5.73 Å². The lowest BCUT2D eigenvalue weighted by atomic mass is 10.3. The van der Waals surface area contributed by atoms with Crippen LogP contribution in [0.4, 0.5) is 5.69 Å². The molecule has 2 N–H and O–H groups in total. The van der Waals surface area contributed by atoms with Gasteiger partial charge >= 0.3 is 5.97 Å². The van der Waals surface area contributed by atoms with Gasteiger partial charge in [-0.25, -0.2) is 4.79 Å². The number of thioether (sulfide) groups is 1. The van der Waals surface area contributed by atoms with Gasteiger partial charge in [-0.3, -0.25) is 0 Å². The number of benzene rings is 1. The highest BCUT2D eigenvalue weighted by Crippen LogP contribution is 2.29. The van der Waals surface area contributed by atoms with Gasteiger partial charge in [-0.05, 0) is 25.1 Å². The molecule has 1 aromatic rings. The summed E-state index contributed by atoms with van der Waals surface area (Å²) in [5.41, 5.74) is 6.83. The summed E-state index contributed by atoms with van der Waals surface area (Å²) in [7, 11) is 0. The molecule has 17 heavy (non-hydrogen) atoms. The van der Waals surface area contributed by atoms with Gasteiger partial charge in [0.05, 0.1) is 6.61 Å². The normalized spacial score (nSPS) is 10.0.